The lowest BCUT2D eigenvalue weighted by Gasteiger charge is -2.20. The molecule has 1 saturated heterocycles. The summed E-state index contributed by atoms with van der Waals surface area (Å²) in [7, 11) is 0. The van der Waals surface area contributed by atoms with E-state index in [0.29, 0.717) is 18.8 Å². The van der Waals surface area contributed by atoms with Gasteiger partial charge in [0.15, 0.2) is 0 Å². The third-order valence-corrected chi connectivity index (χ3v) is 3.74. The molecular formula is C13H16ClNO2. The first-order valence-corrected chi connectivity index (χ1v) is 6.26. The summed E-state index contributed by atoms with van der Waals surface area (Å²) >= 11 is 5.81. The Hall–Kier alpha value is -1.06. The van der Waals surface area contributed by atoms with Crippen LogP contribution in [0.1, 0.15) is 17.5 Å². The molecule has 0 spiro atoms. The molecule has 1 heterocycles. The standard InChI is InChI=1S/C13H16ClNO2/c1-9-11(8-16)3-2-4-12(9)15-7-10(6-14)5-13(15)17/h2-4,10,16H,5-8H2,1H3. The second-order valence-electron chi connectivity index (χ2n) is 4.45. The molecule has 3 nitrogen and oxygen atoms in total. The zero-order chi connectivity index (χ0) is 12.4. The molecule has 0 saturated carbocycles. The molecule has 0 aliphatic carbocycles. The van der Waals surface area contributed by atoms with Crippen LogP contribution in [0.5, 0.6) is 0 Å². The fourth-order valence-electron chi connectivity index (χ4n) is 2.25. The zero-order valence-electron chi connectivity index (χ0n) is 9.82. The average Bonchev–Trinajstić information content (AvgIpc) is 2.71. The number of amides is 1. The third kappa shape index (κ3) is 2.31. The van der Waals surface area contributed by atoms with Crippen molar-refractivity contribution in [3.63, 3.8) is 0 Å². The highest BCUT2D eigenvalue weighted by Gasteiger charge is 2.30. The summed E-state index contributed by atoms with van der Waals surface area (Å²) in [4.78, 5) is 13.7. The highest BCUT2D eigenvalue weighted by Crippen LogP contribution is 2.29. The molecule has 0 aromatic heterocycles. The minimum atomic E-state index is 0.000633. The third-order valence-electron chi connectivity index (χ3n) is 3.30. The number of hydrogen-bond donors (Lipinski definition) is 1. The summed E-state index contributed by atoms with van der Waals surface area (Å²) in [6.45, 7) is 2.61. The van der Waals surface area contributed by atoms with Crippen LogP contribution in [0.2, 0.25) is 0 Å². The van der Waals surface area contributed by atoms with Gasteiger partial charge in [-0.1, -0.05) is 12.1 Å². The van der Waals surface area contributed by atoms with Crippen LogP contribution in [0.4, 0.5) is 5.69 Å². The van der Waals surface area contributed by atoms with Gasteiger partial charge in [0.1, 0.15) is 0 Å². The van der Waals surface area contributed by atoms with E-state index in [9.17, 15) is 9.90 Å². The van der Waals surface area contributed by atoms with E-state index in [4.69, 9.17) is 11.6 Å². The number of alkyl halides is 1. The molecule has 1 aromatic carbocycles. The van der Waals surface area contributed by atoms with Crippen molar-refractivity contribution in [1.29, 1.82) is 0 Å². The van der Waals surface area contributed by atoms with Gasteiger partial charge in [0.25, 0.3) is 0 Å². The number of anilines is 1. The van der Waals surface area contributed by atoms with Crippen molar-refractivity contribution in [2.75, 3.05) is 17.3 Å². The first kappa shape index (κ1) is 12.4. The lowest BCUT2D eigenvalue weighted by atomic mass is 10.1. The Morgan fingerprint density at radius 1 is 1.53 bits per heavy atom. The maximum absolute atomic E-state index is 11.9. The van der Waals surface area contributed by atoms with Crippen LogP contribution in [0.15, 0.2) is 18.2 Å². The van der Waals surface area contributed by atoms with Gasteiger partial charge in [-0.05, 0) is 30.0 Å². The Morgan fingerprint density at radius 3 is 2.88 bits per heavy atom. The molecule has 1 atom stereocenters. The Labute approximate surface area is 106 Å². The Kier molecular flexibility index (Phi) is 3.69. The Bertz CT molecular complexity index is 433. The van der Waals surface area contributed by atoms with E-state index in [1.165, 1.54) is 0 Å². The molecule has 0 bridgehead atoms. The van der Waals surface area contributed by atoms with E-state index in [-0.39, 0.29) is 18.4 Å². The summed E-state index contributed by atoms with van der Waals surface area (Å²) < 4.78 is 0. The van der Waals surface area contributed by atoms with E-state index in [1.54, 1.807) is 4.90 Å². The minimum Gasteiger partial charge on any atom is -0.392 e. The number of carbonyl (C=O) groups is 1. The van der Waals surface area contributed by atoms with Gasteiger partial charge in [0.05, 0.1) is 6.61 Å². The number of carbonyl (C=O) groups excluding carboxylic acids is 1. The predicted molar refractivity (Wildman–Crippen MR) is 68.3 cm³/mol. The van der Waals surface area contributed by atoms with Crippen LogP contribution in [0, 0.1) is 12.8 Å². The van der Waals surface area contributed by atoms with Crippen molar-refractivity contribution in [3.8, 4) is 0 Å². The molecule has 1 fully saturated rings. The number of aliphatic hydroxyl groups is 1. The lowest BCUT2D eigenvalue weighted by Crippen LogP contribution is -2.25. The van der Waals surface area contributed by atoms with Gasteiger partial charge in [0, 0.05) is 24.5 Å². The quantitative estimate of drug-likeness (QED) is 0.838. The number of benzene rings is 1. The number of nitrogens with zero attached hydrogens (tertiary/aromatic N) is 1. The summed E-state index contributed by atoms with van der Waals surface area (Å²) in [6.07, 6.45) is 0.520. The predicted octanol–water partition coefficient (Wildman–Crippen LogP) is 2.08. The highest BCUT2D eigenvalue weighted by atomic mass is 35.5. The SMILES string of the molecule is Cc1c(CO)cccc1N1CC(CCl)CC1=O. The number of aliphatic hydroxyl groups excluding tert-OH is 1. The molecule has 1 aliphatic heterocycles. The van der Waals surface area contributed by atoms with Crippen molar-refractivity contribution >= 4 is 23.2 Å². The molecular weight excluding hydrogens is 238 g/mol. The molecule has 1 aliphatic rings. The fraction of sp³-hybridized carbons (Fsp3) is 0.462. The summed E-state index contributed by atoms with van der Waals surface area (Å²) in [5.41, 5.74) is 2.73. The van der Waals surface area contributed by atoms with Gasteiger partial charge in [0.2, 0.25) is 5.91 Å². The molecule has 1 amide bonds. The van der Waals surface area contributed by atoms with Crippen molar-refractivity contribution in [3.05, 3.63) is 29.3 Å². The average molecular weight is 254 g/mol. The van der Waals surface area contributed by atoms with Gasteiger partial charge in [-0.15, -0.1) is 11.6 Å². The monoisotopic (exact) mass is 253 g/mol. The molecule has 1 N–H and O–H groups in total. The molecule has 92 valence electrons. The van der Waals surface area contributed by atoms with Crippen LogP contribution in [0.3, 0.4) is 0 Å². The number of halogens is 1. The minimum absolute atomic E-state index is 0.000633. The number of hydrogen-bond acceptors (Lipinski definition) is 2. The fourth-order valence-corrected chi connectivity index (χ4v) is 2.46. The van der Waals surface area contributed by atoms with Crippen LogP contribution in [-0.4, -0.2) is 23.4 Å². The maximum atomic E-state index is 11.9. The zero-order valence-corrected chi connectivity index (χ0v) is 10.6. The second-order valence-corrected chi connectivity index (χ2v) is 4.76. The summed E-state index contributed by atoms with van der Waals surface area (Å²) in [6, 6.07) is 5.66. The van der Waals surface area contributed by atoms with E-state index in [0.717, 1.165) is 16.8 Å². The highest BCUT2D eigenvalue weighted by molar-refractivity contribution is 6.18. The van der Waals surface area contributed by atoms with E-state index >= 15 is 0 Å². The van der Waals surface area contributed by atoms with Gasteiger partial charge < -0.3 is 10.0 Å². The summed E-state index contributed by atoms with van der Waals surface area (Å²) in [5.74, 6) is 0.872. The van der Waals surface area contributed by atoms with Crippen molar-refractivity contribution in [2.24, 2.45) is 5.92 Å². The summed E-state index contributed by atoms with van der Waals surface area (Å²) in [5, 5.41) is 9.23. The molecule has 2 rings (SSSR count). The smallest absolute Gasteiger partial charge is 0.227 e. The van der Waals surface area contributed by atoms with E-state index in [2.05, 4.69) is 0 Å². The first-order valence-electron chi connectivity index (χ1n) is 5.73. The van der Waals surface area contributed by atoms with Gasteiger partial charge in [-0.2, -0.15) is 0 Å². The van der Waals surface area contributed by atoms with Crippen LogP contribution < -0.4 is 4.90 Å². The van der Waals surface area contributed by atoms with E-state index in [1.807, 2.05) is 25.1 Å². The van der Waals surface area contributed by atoms with Crippen LogP contribution in [-0.2, 0) is 11.4 Å². The first-order chi connectivity index (χ1) is 8.17. The molecule has 1 aromatic rings. The van der Waals surface area contributed by atoms with E-state index < -0.39 is 0 Å². The van der Waals surface area contributed by atoms with Crippen LogP contribution >= 0.6 is 11.6 Å². The Balaban J connectivity index is 2.32. The van der Waals surface area contributed by atoms with Crippen molar-refractivity contribution < 1.29 is 9.90 Å². The number of rotatable bonds is 3. The lowest BCUT2D eigenvalue weighted by molar-refractivity contribution is -0.117. The van der Waals surface area contributed by atoms with Gasteiger partial charge in [-0.25, -0.2) is 0 Å². The van der Waals surface area contributed by atoms with Crippen molar-refractivity contribution in [1.82, 2.24) is 0 Å². The second kappa shape index (κ2) is 5.07. The topological polar surface area (TPSA) is 40.5 Å². The normalized spacial score (nSPS) is 20.1. The maximum Gasteiger partial charge on any atom is 0.227 e. The van der Waals surface area contributed by atoms with Gasteiger partial charge >= 0.3 is 0 Å². The molecule has 0 radical (unpaired) electrons. The Morgan fingerprint density at radius 2 is 2.29 bits per heavy atom. The molecule has 1 unspecified atom stereocenters. The van der Waals surface area contributed by atoms with Crippen molar-refractivity contribution in [2.45, 2.75) is 20.0 Å². The van der Waals surface area contributed by atoms with Crippen LogP contribution in [0.25, 0.3) is 0 Å². The largest absolute Gasteiger partial charge is 0.392 e. The molecule has 4 heteroatoms. The van der Waals surface area contributed by atoms with Gasteiger partial charge in [-0.3, -0.25) is 4.79 Å². The molecule has 17 heavy (non-hydrogen) atoms.